The van der Waals surface area contributed by atoms with Crippen molar-refractivity contribution in [1.29, 1.82) is 0 Å². The van der Waals surface area contributed by atoms with Gasteiger partial charge in [-0.15, -0.1) is 0 Å². The van der Waals surface area contributed by atoms with Crippen LogP contribution in [0.3, 0.4) is 0 Å². The monoisotopic (exact) mass is 389 g/mol. The highest BCUT2D eigenvalue weighted by atomic mass is 79.9. The van der Waals surface area contributed by atoms with Gasteiger partial charge in [-0.05, 0) is 50.9 Å². The average molecular weight is 391 g/mol. The van der Waals surface area contributed by atoms with E-state index in [0.29, 0.717) is 0 Å². The maximum atomic E-state index is 6.01. The highest BCUT2D eigenvalue weighted by Crippen LogP contribution is 2.42. The van der Waals surface area contributed by atoms with Crippen molar-refractivity contribution in [2.75, 3.05) is 13.7 Å². The minimum atomic E-state index is 0.746. The SMILES string of the molecule is CCNCc1oc2c(Br)cc(OC)c(Br)c2c1CC. The van der Waals surface area contributed by atoms with Crippen LogP contribution in [0.4, 0.5) is 0 Å². The zero-order valence-electron chi connectivity index (χ0n) is 11.3. The Kier molecular flexibility index (Phi) is 4.92. The molecule has 19 heavy (non-hydrogen) atoms. The van der Waals surface area contributed by atoms with Crippen LogP contribution in [0.25, 0.3) is 11.0 Å². The molecule has 0 amide bonds. The first-order valence-corrected chi connectivity index (χ1v) is 7.89. The minimum absolute atomic E-state index is 0.746. The summed E-state index contributed by atoms with van der Waals surface area (Å²) >= 11 is 7.18. The van der Waals surface area contributed by atoms with Crippen molar-refractivity contribution in [2.24, 2.45) is 0 Å². The molecule has 0 aliphatic heterocycles. The number of halogens is 2. The molecule has 0 unspecified atom stereocenters. The lowest BCUT2D eigenvalue weighted by Gasteiger charge is -2.06. The van der Waals surface area contributed by atoms with E-state index in [-0.39, 0.29) is 0 Å². The third-order valence-electron chi connectivity index (χ3n) is 3.11. The van der Waals surface area contributed by atoms with Gasteiger partial charge in [-0.25, -0.2) is 0 Å². The minimum Gasteiger partial charge on any atom is -0.496 e. The van der Waals surface area contributed by atoms with E-state index in [9.17, 15) is 0 Å². The van der Waals surface area contributed by atoms with Crippen LogP contribution in [-0.2, 0) is 13.0 Å². The van der Waals surface area contributed by atoms with Crippen LogP contribution in [0, 0.1) is 0 Å². The highest BCUT2D eigenvalue weighted by Gasteiger charge is 2.20. The fourth-order valence-electron chi connectivity index (χ4n) is 2.18. The normalized spacial score (nSPS) is 11.2. The summed E-state index contributed by atoms with van der Waals surface area (Å²) < 4.78 is 13.3. The largest absolute Gasteiger partial charge is 0.496 e. The number of ether oxygens (including phenoxy) is 1. The highest BCUT2D eigenvalue weighted by molar-refractivity contribution is 9.11. The molecule has 104 valence electrons. The standard InChI is InChI=1S/C14H17Br2NO2/c1-4-8-11(7-17-5-2)19-14-9(15)6-10(18-3)13(16)12(8)14/h6,17H,4-5,7H2,1-3H3. The Morgan fingerprint density at radius 3 is 2.63 bits per heavy atom. The second-order valence-corrected chi connectivity index (χ2v) is 5.86. The quantitative estimate of drug-likeness (QED) is 0.807. The van der Waals surface area contributed by atoms with Crippen molar-refractivity contribution in [2.45, 2.75) is 26.8 Å². The van der Waals surface area contributed by atoms with Gasteiger partial charge in [0.05, 0.1) is 22.6 Å². The van der Waals surface area contributed by atoms with Gasteiger partial charge >= 0.3 is 0 Å². The molecule has 3 nitrogen and oxygen atoms in total. The number of methoxy groups -OCH3 is 1. The number of nitrogens with one attached hydrogen (secondary N) is 1. The number of hydrogen-bond donors (Lipinski definition) is 1. The average Bonchev–Trinajstić information content (AvgIpc) is 2.79. The first-order chi connectivity index (χ1) is 9.13. The molecule has 2 rings (SSSR count). The summed E-state index contributed by atoms with van der Waals surface area (Å²) in [4.78, 5) is 0. The Bertz CT molecular complexity index is 593. The number of furan rings is 1. The molecule has 0 saturated heterocycles. The number of fused-ring (bicyclic) bond motifs is 1. The lowest BCUT2D eigenvalue weighted by molar-refractivity contribution is 0.412. The summed E-state index contributed by atoms with van der Waals surface area (Å²) in [7, 11) is 1.67. The van der Waals surface area contributed by atoms with Crippen LogP contribution in [0.5, 0.6) is 5.75 Å². The topological polar surface area (TPSA) is 34.4 Å². The van der Waals surface area contributed by atoms with E-state index in [1.165, 1.54) is 5.56 Å². The van der Waals surface area contributed by atoms with Crippen molar-refractivity contribution in [1.82, 2.24) is 5.32 Å². The fraction of sp³-hybridized carbons (Fsp3) is 0.429. The smallest absolute Gasteiger partial charge is 0.150 e. The van der Waals surface area contributed by atoms with E-state index in [0.717, 1.165) is 50.9 Å². The van der Waals surface area contributed by atoms with E-state index in [1.54, 1.807) is 7.11 Å². The van der Waals surface area contributed by atoms with Gasteiger partial charge in [0.25, 0.3) is 0 Å². The van der Waals surface area contributed by atoms with Crippen LogP contribution in [0.1, 0.15) is 25.2 Å². The van der Waals surface area contributed by atoms with E-state index in [2.05, 4.69) is 51.0 Å². The third-order valence-corrected chi connectivity index (χ3v) is 4.49. The number of aryl methyl sites for hydroxylation is 1. The molecule has 0 aliphatic carbocycles. The fourth-order valence-corrected chi connectivity index (χ4v) is 3.37. The molecular formula is C14H17Br2NO2. The van der Waals surface area contributed by atoms with E-state index < -0.39 is 0 Å². The molecule has 0 saturated carbocycles. The molecule has 2 aromatic rings. The van der Waals surface area contributed by atoms with Crippen LogP contribution in [0.2, 0.25) is 0 Å². The Labute approximate surface area is 129 Å². The Hall–Kier alpha value is -0.520. The van der Waals surface area contributed by atoms with Crippen LogP contribution < -0.4 is 10.1 Å². The van der Waals surface area contributed by atoms with Gasteiger partial charge in [0.2, 0.25) is 0 Å². The molecule has 0 fully saturated rings. The predicted octanol–water partition coefficient (Wildman–Crippen LogP) is 4.64. The summed E-state index contributed by atoms with van der Waals surface area (Å²) in [6.45, 7) is 5.89. The maximum Gasteiger partial charge on any atom is 0.150 e. The summed E-state index contributed by atoms with van der Waals surface area (Å²) in [5.41, 5.74) is 2.10. The molecule has 1 aromatic heterocycles. The molecule has 0 bridgehead atoms. The van der Waals surface area contributed by atoms with Crippen molar-refractivity contribution in [3.63, 3.8) is 0 Å². The number of benzene rings is 1. The molecule has 0 spiro atoms. The number of hydrogen-bond acceptors (Lipinski definition) is 3. The van der Waals surface area contributed by atoms with Gasteiger partial charge in [-0.3, -0.25) is 0 Å². The zero-order valence-corrected chi connectivity index (χ0v) is 14.4. The van der Waals surface area contributed by atoms with E-state index in [1.807, 2.05) is 6.07 Å². The summed E-state index contributed by atoms with van der Waals surface area (Å²) in [6, 6.07) is 1.92. The molecule has 0 aliphatic rings. The summed E-state index contributed by atoms with van der Waals surface area (Å²) in [5, 5.41) is 4.41. The molecule has 1 heterocycles. The Balaban J connectivity index is 2.68. The van der Waals surface area contributed by atoms with Gasteiger partial charge in [0, 0.05) is 10.9 Å². The molecule has 0 atom stereocenters. The first kappa shape index (κ1) is 14.9. The van der Waals surface area contributed by atoms with Crippen molar-refractivity contribution < 1.29 is 9.15 Å². The van der Waals surface area contributed by atoms with Gasteiger partial charge in [0.1, 0.15) is 17.1 Å². The molecule has 5 heteroatoms. The Morgan fingerprint density at radius 2 is 2.05 bits per heavy atom. The number of rotatable bonds is 5. The van der Waals surface area contributed by atoms with E-state index >= 15 is 0 Å². The first-order valence-electron chi connectivity index (χ1n) is 6.30. The van der Waals surface area contributed by atoms with Gasteiger partial charge in [-0.2, -0.15) is 0 Å². The maximum absolute atomic E-state index is 6.01. The molecule has 1 N–H and O–H groups in total. The van der Waals surface area contributed by atoms with Gasteiger partial charge < -0.3 is 14.5 Å². The lowest BCUT2D eigenvalue weighted by atomic mass is 10.1. The third kappa shape index (κ3) is 2.69. The van der Waals surface area contributed by atoms with Gasteiger partial charge in [-0.1, -0.05) is 13.8 Å². The summed E-state index contributed by atoms with van der Waals surface area (Å²) in [5.74, 6) is 1.80. The van der Waals surface area contributed by atoms with Crippen LogP contribution >= 0.6 is 31.9 Å². The Morgan fingerprint density at radius 1 is 1.32 bits per heavy atom. The lowest BCUT2D eigenvalue weighted by Crippen LogP contribution is -2.12. The molecular weight excluding hydrogens is 374 g/mol. The van der Waals surface area contributed by atoms with E-state index in [4.69, 9.17) is 9.15 Å². The van der Waals surface area contributed by atoms with Crippen LogP contribution in [-0.4, -0.2) is 13.7 Å². The second-order valence-electron chi connectivity index (χ2n) is 4.22. The molecule has 0 radical (unpaired) electrons. The molecule has 1 aromatic carbocycles. The zero-order chi connectivity index (χ0) is 14.0. The van der Waals surface area contributed by atoms with Crippen molar-refractivity contribution in [3.05, 3.63) is 26.3 Å². The second kappa shape index (κ2) is 6.29. The van der Waals surface area contributed by atoms with Crippen molar-refractivity contribution in [3.8, 4) is 5.75 Å². The summed E-state index contributed by atoms with van der Waals surface area (Å²) in [6.07, 6.45) is 0.923. The predicted molar refractivity (Wildman–Crippen MR) is 84.9 cm³/mol. The van der Waals surface area contributed by atoms with Crippen molar-refractivity contribution >= 4 is 42.8 Å². The van der Waals surface area contributed by atoms with Gasteiger partial charge in [0.15, 0.2) is 0 Å². The van der Waals surface area contributed by atoms with Crippen LogP contribution in [0.15, 0.2) is 19.4 Å².